The summed E-state index contributed by atoms with van der Waals surface area (Å²) in [6, 6.07) is 0. The molecular formula is C22H30O3. The molecule has 0 amide bonds. The van der Waals surface area contributed by atoms with Crippen molar-refractivity contribution in [2.75, 3.05) is 6.61 Å². The van der Waals surface area contributed by atoms with E-state index in [0.717, 1.165) is 6.42 Å². The molecule has 4 aliphatic carbocycles. The first-order chi connectivity index (χ1) is 12.0. The first kappa shape index (κ1) is 17.1. The number of hydrogen-bond donors (Lipinski definition) is 0. The molecule has 3 saturated carbocycles. The van der Waals surface area contributed by atoms with Crippen LogP contribution in [0.25, 0.3) is 0 Å². The molecule has 0 spiro atoms. The highest BCUT2D eigenvalue weighted by Gasteiger charge is 2.57. The minimum atomic E-state index is -0.0586. The predicted molar refractivity (Wildman–Crippen MR) is 96.8 cm³/mol. The van der Waals surface area contributed by atoms with E-state index in [2.05, 4.69) is 13.0 Å². The van der Waals surface area contributed by atoms with Crippen molar-refractivity contribution in [2.24, 2.45) is 28.6 Å². The highest BCUT2D eigenvalue weighted by molar-refractivity contribution is 6.01. The third-order valence-corrected chi connectivity index (χ3v) is 7.89. The van der Waals surface area contributed by atoms with E-state index in [1.807, 2.05) is 13.0 Å². The summed E-state index contributed by atoms with van der Waals surface area (Å²) in [5, 5.41) is 0. The summed E-state index contributed by atoms with van der Waals surface area (Å²) in [7, 11) is 0. The van der Waals surface area contributed by atoms with Crippen molar-refractivity contribution in [1.29, 1.82) is 0 Å². The fourth-order valence-electron chi connectivity index (χ4n) is 6.57. The normalized spacial score (nSPS) is 42.2. The zero-order chi connectivity index (χ0) is 17.7. The molecule has 0 saturated heterocycles. The van der Waals surface area contributed by atoms with Gasteiger partial charge in [0.15, 0.2) is 5.78 Å². The predicted octanol–water partition coefficient (Wildman–Crippen LogP) is 4.62. The van der Waals surface area contributed by atoms with Crippen LogP contribution in [0.2, 0.25) is 0 Å². The third kappa shape index (κ3) is 2.62. The van der Waals surface area contributed by atoms with Crippen molar-refractivity contribution >= 4 is 11.8 Å². The monoisotopic (exact) mass is 342 g/mol. The fourth-order valence-corrected chi connectivity index (χ4v) is 6.57. The Hall–Kier alpha value is -1.38. The van der Waals surface area contributed by atoms with Gasteiger partial charge in [0.05, 0.1) is 6.61 Å². The van der Waals surface area contributed by atoms with Crippen LogP contribution in [0.15, 0.2) is 23.8 Å². The number of carbonyl (C=O) groups excluding carboxylic acids is 2. The number of ether oxygens (including phenoxy) is 1. The Morgan fingerprint density at radius 3 is 2.88 bits per heavy atom. The van der Waals surface area contributed by atoms with Gasteiger partial charge < -0.3 is 4.74 Å². The molecule has 4 rings (SSSR count). The first-order valence-corrected chi connectivity index (χ1v) is 10.1. The van der Waals surface area contributed by atoms with Crippen LogP contribution in [0.3, 0.4) is 0 Å². The molecule has 136 valence electrons. The van der Waals surface area contributed by atoms with Crippen LogP contribution in [-0.2, 0) is 14.3 Å². The van der Waals surface area contributed by atoms with Crippen molar-refractivity contribution in [3.63, 3.8) is 0 Å². The summed E-state index contributed by atoms with van der Waals surface area (Å²) in [6.45, 7) is 4.84. The Labute approximate surface area is 150 Å². The summed E-state index contributed by atoms with van der Waals surface area (Å²) in [4.78, 5) is 23.5. The van der Waals surface area contributed by atoms with E-state index >= 15 is 0 Å². The molecule has 3 nitrogen and oxygen atoms in total. The Kier molecular flexibility index (Phi) is 4.16. The molecule has 0 bridgehead atoms. The zero-order valence-electron chi connectivity index (χ0n) is 15.6. The number of ketones is 1. The van der Waals surface area contributed by atoms with E-state index in [-0.39, 0.29) is 22.6 Å². The molecule has 0 aromatic carbocycles. The van der Waals surface area contributed by atoms with Gasteiger partial charge >= 0.3 is 5.97 Å². The number of carbonyl (C=O) groups is 2. The molecule has 0 N–H and O–H groups in total. The van der Waals surface area contributed by atoms with E-state index in [0.29, 0.717) is 30.8 Å². The molecule has 0 aromatic heterocycles. The lowest BCUT2D eigenvalue weighted by molar-refractivity contribution is -0.151. The van der Waals surface area contributed by atoms with Gasteiger partial charge in [-0.05, 0) is 68.4 Å². The average Bonchev–Trinajstić information content (AvgIpc) is 3.04. The van der Waals surface area contributed by atoms with Gasteiger partial charge in [-0.1, -0.05) is 31.9 Å². The molecule has 0 aliphatic heterocycles. The van der Waals surface area contributed by atoms with Gasteiger partial charge in [-0.3, -0.25) is 9.59 Å². The van der Waals surface area contributed by atoms with Gasteiger partial charge in [0.2, 0.25) is 0 Å². The largest absolute Gasteiger partial charge is 0.465 e. The van der Waals surface area contributed by atoms with Crippen LogP contribution in [0.1, 0.15) is 65.2 Å². The van der Waals surface area contributed by atoms with Gasteiger partial charge in [-0.25, -0.2) is 0 Å². The standard InChI is InChI=1S/C22H30O3/c1-3-20(24)25-14-22-10-4-5-19(22)17-7-6-15-13-16(23)8-11-21(15,2)18(17)9-12-22/h8,11,13,17-19H,3-7,9-10,12,14H2,1-2H3/t17-,18+,19+,21+,22+/m1/s1. The molecule has 0 radical (unpaired) electrons. The second-order valence-electron chi connectivity index (χ2n) is 8.91. The summed E-state index contributed by atoms with van der Waals surface area (Å²) in [5.74, 6) is 2.12. The van der Waals surface area contributed by atoms with Crippen molar-refractivity contribution in [1.82, 2.24) is 0 Å². The number of fused-ring (bicyclic) bond motifs is 5. The minimum absolute atomic E-state index is 0.0586. The number of rotatable bonds is 3. The average molecular weight is 342 g/mol. The SMILES string of the molecule is CCC(=O)OC[C@@]12CCC[C@H]1[C@@H]1CCC3=CC(=O)C=C[C@]3(C)[C@H]1CC2. The van der Waals surface area contributed by atoms with Crippen molar-refractivity contribution < 1.29 is 14.3 Å². The number of hydrogen-bond acceptors (Lipinski definition) is 3. The molecule has 4 aliphatic rings. The molecule has 0 heterocycles. The smallest absolute Gasteiger partial charge is 0.305 e. The van der Waals surface area contributed by atoms with Crippen LogP contribution >= 0.6 is 0 Å². The van der Waals surface area contributed by atoms with Gasteiger partial charge in [0.1, 0.15) is 0 Å². The van der Waals surface area contributed by atoms with Crippen LogP contribution < -0.4 is 0 Å². The van der Waals surface area contributed by atoms with Gasteiger partial charge in [-0.2, -0.15) is 0 Å². The maximum Gasteiger partial charge on any atom is 0.305 e. The van der Waals surface area contributed by atoms with E-state index in [9.17, 15) is 9.59 Å². The van der Waals surface area contributed by atoms with Crippen LogP contribution in [0.4, 0.5) is 0 Å². The summed E-state index contributed by atoms with van der Waals surface area (Å²) in [6.07, 6.45) is 14.7. The van der Waals surface area contributed by atoms with Crippen LogP contribution in [-0.4, -0.2) is 18.4 Å². The van der Waals surface area contributed by atoms with Gasteiger partial charge in [0, 0.05) is 17.3 Å². The Bertz CT molecular complexity index is 646. The molecule has 0 aromatic rings. The number of esters is 1. The lowest BCUT2D eigenvalue weighted by Crippen LogP contribution is -2.50. The van der Waals surface area contributed by atoms with E-state index < -0.39 is 0 Å². The maximum absolute atomic E-state index is 11.8. The molecular weight excluding hydrogens is 312 g/mol. The van der Waals surface area contributed by atoms with Crippen LogP contribution in [0, 0.1) is 28.6 Å². The van der Waals surface area contributed by atoms with Crippen molar-refractivity contribution in [3.8, 4) is 0 Å². The molecule has 0 unspecified atom stereocenters. The van der Waals surface area contributed by atoms with Crippen molar-refractivity contribution in [3.05, 3.63) is 23.8 Å². The molecule has 3 heteroatoms. The van der Waals surface area contributed by atoms with Crippen LogP contribution in [0.5, 0.6) is 0 Å². The minimum Gasteiger partial charge on any atom is -0.465 e. The van der Waals surface area contributed by atoms with E-state index in [1.165, 1.54) is 44.1 Å². The quantitative estimate of drug-likeness (QED) is 0.703. The first-order valence-electron chi connectivity index (χ1n) is 10.1. The van der Waals surface area contributed by atoms with Gasteiger partial charge in [-0.15, -0.1) is 0 Å². The Balaban J connectivity index is 1.59. The Morgan fingerprint density at radius 2 is 2.08 bits per heavy atom. The van der Waals surface area contributed by atoms with E-state index in [4.69, 9.17) is 4.74 Å². The summed E-state index contributed by atoms with van der Waals surface area (Å²) >= 11 is 0. The fraction of sp³-hybridized carbons (Fsp3) is 0.727. The second-order valence-corrected chi connectivity index (χ2v) is 8.91. The maximum atomic E-state index is 11.8. The third-order valence-electron chi connectivity index (χ3n) is 7.89. The van der Waals surface area contributed by atoms with E-state index in [1.54, 1.807) is 6.08 Å². The Morgan fingerprint density at radius 1 is 1.24 bits per heavy atom. The lowest BCUT2D eigenvalue weighted by Gasteiger charge is -2.56. The topological polar surface area (TPSA) is 43.4 Å². The summed E-state index contributed by atoms with van der Waals surface area (Å²) < 4.78 is 5.65. The lowest BCUT2D eigenvalue weighted by atomic mass is 9.48. The molecule has 3 fully saturated rings. The molecule has 25 heavy (non-hydrogen) atoms. The zero-order valence-corrected chi connectivity index (χ0v) is 15.6. The highest BCUT2D eigenvalue weighted by Crippen LogP contribution is 2.64. The van der Waals surface area contributed by atoms with Gasteiger partial charge in [0.25, 0.3) is 0 Å². The highest BCUT2D eigenvalue weighted by atomic mass is 16.5. The van der Waals surface area contributed by atoms with Crippen molar-refractivity contribution in [2.45, 2.75) is 65.2 Å². The summed E-state index contributed by atoms with van der Waals surface area (Å²) in [5.41, 5.74) is 1.63. The number of allylic oxidation sites excluding steroid dienone is 4. The second kappa shape index (κ2) is 6.10. The molecule has 5 atom stereocenters.